The van der Waals surface area contributed by atoms with Crippen LogP contribution < -0.4 is 4.74 Å². The van der Waals surface area contributed by atoms with E-state index in [2.05, 4.69) is 15.0 Å². The van der Waals surface area contributed by atoms with Gasteiger partial charge in [-0.2, -0.15) is 16.3 Å². The molecule has 1 aromatic carbocycles. The van der Waals surface area contributed by atoms with E-state index in [-0.39, 0.29) is 5.91 Å². The number of carbonyl (C=O) groups is 1. The average molecular weight is 413 g/mol. The second-order valence-electron chi connectivity index (χ2n) is 7.03. The second kappa shape index (κ2) is 9.19. The maximum absolute atomic E-state index is 12.5. The fraction of sp³-hybridized carbons (Fsp3) is 0.381. The highest BCUT2D eigenvalue weighted by Crippen LogP contribution is 2.19. The second-order valence-corrected chi connectivity index (χ2v) is 7.81. The molecule has 4 rings (SSSR count). The Labute approximate surface area is 173 Å². The fourth-order valence-electron chi connectivity index (χ4n) is 3.38. The molecule has 1 saturated heterocycles. The molecular weight excluding hydrogens is 388 g/mol. The van der Waals surface area contributed by atoms with Crippen molar-refractivity contribution in [2.75, 3.05) is 33.3 Å². The number of aromatic nitrogens is 2. The number of hydrogen-bond donors (Lipinski definition) is 0. The monoisotopic (exact) mass is 412 g/mol. The summed E-state index contributed by atoms with van der Waals surface area (Å²) in [4.78, 5) is 21.2. The van der Waals surface area contributed by atoms with Gasteiger partial charge in [0.2, 0.25) is 17.6 Å². The van der Waals surface area contributed by atoms with Gasteiger partial charge in [0.25, 0.3) is 0 Å². The van der Waals surface area contributed by atoms with Crippen molar-refractivity contribution in [3.8, 4) is 17.1 Å². The Kier molecular flexibility index (Phi) is 6.21. The average Bonchev–Trinajstić information content (AvgIpc) is 3.45. The molecule has 3 aromatic rings. The van der Waals surface area contributed by atoms with Crippen LogP contribution in [0.25, 0.3) is 11.4 Å². The Bertz CT molecular complexity index is 916. The minimum Gasteiger partial charge on any atom is -0.497 e. The van der Waals surface area contributed by atoms with E-state index in [1.165, 1.54) is 0 Å². The van der Waals surface area contributed by atoms with Crippen molar-refractivity contribution in [3.63, 3.8) is 0 Å². The molecule has 1 aliphatic heterocycles. The number of piperazine rings is 1. The topological polar surface area (TPSA) is 71.7 Å². The zero-order chi connectivity index (χ0) is 20.1. The molecule has 3 heterocycles. The van der Waals surface area contributed by atoms with Gasteiger partial charge in [-0.05, 0) is 35.6 Å². The number of nitrogens with zero attached hydrogens (tertiary/aromatic N) is 4. The van der Waals surface area contributed by atoms with E-state index in [9.17, 15) is 4.79 Å². The quantitative estimate of drug-likeness (QED) is 0.594. The third-order valence-corrected chi connectivity index (χ3v) is 5.80. The molecule has 0 N–H and O–H groups in total. The van der Waals surface area contributed by atoms with Crippen LogP contribution in [-0.2, 0) is 17.8 Å². The third-order valence-electron chi connectivity index (χ3n) is 5.12. The van der Waals surface area contributed by atoms with Crippen LogP contribution in [0.2, 0.25) is 0 Å². The summed E-state index contributed by atoms with van der Waals surface area (Å²) in [7, 11) is 1.65. The summed E-state index contributed by atoms with van der Waals surface area (Å²) in [5.41, 5.74) is 2.13. The molecule has 0 saturated carbocycles. The van der Waals surface area contributed by atoms with Gasteiger partial charge in [0.15, 0.2) is 0 Å². The number of benzene rings is 1. The van der Waals surface area contributed by atoms with Crippen LogP contribution in [0.4, 0.5) is 0 Å². The summed E-state index contributed by atoms with van der Waals surface area (Å²) >= 11 is 1.61. The van der Waals surface area contributed by atoms with Gasteiger partial charge < -0.3 is 14.2 Å². The minimum atomic E-state index is 0.206. The van der Waals surface area contributed by atoms with Crippen LogP contribution in [0.1, 0.15) is 17.9 Å². The van der Waals surface area contributed by atoms with Crippen molar-refractivity contribution in [3.05, 3.63) is 52.5 Å². The summed E-state index contributed by atoms with van der Waals surface area (Å²) in [6.45, 7) is 3.69. The zero-order valence-electron chi connectivity index (χ0n) is 16.4. The number of methoxy groups -OCH3 is 1. The van der Waals surface area contributed by atoms with Gasteiger partial charge in [-0.15, -0.1) is 0 Å². The lowest BCUT2D eigenvalue weighted by Crippen LogP contribution is -2.48. The molecule has 0 unspecified atom stereocenters. The Morgan fingerprint density at radius 2 is 1.97 bits per heavy atom. The molecular formula is C21H24N4O3S. The summed E-state index contributed by atoms with van der Waals surface area (Å²) in [5.74, 6) is 2.29. The van der Waals surface area contributed by atoms with E-state index in [4.69, 9.17) is 9.26 Å². The number of amides is 1. The molecule has 7 nitrogen and oxygen atoms in total. The van der Waals surface area contributed by atoms with Crippen molar-refractivity contribution in [2.45, 2.75) is 19.4 Å². The van der Waals surface area contributed by atoms with E-state index in [1.807, 2.05) is 46.0 Å². The lowest BCUT2D eigenvalue weighted by Gasteiger charge is -2.34. The first-order chi connectivity index (χ1) is 14.2. The molecule has 0 bridgehead atoms. The largest absolute Gasteiger partial charge is 0.497 e. The molecule has 29 heavy (non-hydrogen) atoms. The number of carbonyl (C=O) groups excluding carboxylic acids is 1. The summed E-state index contributed by atoms with van der Waals surface area (Å²) in [5, 5.41) is 8.05. The van der Waals surface area contributed by atoms with Gasteiger partial charge in [-0.1, -0.05) is 17.3 Å². The normalized spacial score (nSPS) is 14.9. The lowest BCUT2D eigenvalue weighted by molar-refractivity contribution is -0.133. The first-order valence-corrected chi connectivity index (χ1v) is 10.6. The number of thiophene rings is 1. The highest BCUT2D eigenvalue weighted by molar-refractivity contribution is 7.08. The van der Waals surface area contributed by atoms with Crippen LogP contribution >= 0.6 is 11.3 Å². The van der Waals surface area contributed by atoms with Gasteiger partial charge in [0.1, 0.15) is 5.75 Å². The van der Waals surface area contributed by atoms with Gasteiger partial charge in [-0.3, -0.25) is 9.69 Å². The zero-order valence-corrected chi connectivity index (χ0v) is 17.2. The Hall–Kier alpha value is -2.71. The smallest absolute Gasteiger partial charge is 0.241 e. The Balaban J connectivity index is 1.22. The van der Waals surface area contributed by atoms with Crippen molar-refractivity contribution in [2.24, 2.45) is 0 Å². The van der Waals surface area contributed by atoms with Crippen LogP contribution in [-0.4, -0.2) is 59.1 Å². The fourth-order valence-corrected chi connectivity index (χ4v) is 4.01. The molecule has 1 aliphatic rings. The minimum absolute atomic E-state index is 0.206. The van der Waals surface area contributed by atoms with Crippen molar-refractivity contribution in [1.29, 1.82) is 0 Å². The molecule has 8 heteroatoms. The first-order valence-electron chi connectivity index (χ1n) is 9.69. The Morgan fingerprint density at radius 1 is 1.17 bits per heavy atom. The maximum atomic E-state index is 12.5. The predicted octanol–water partition coefficient (Wildman–Crippen LogP) is 3.08. The van der Waals surface area contributed by atoms with Gasteiger partial charge in [0.05, 0.1) is 13.7 Å². The van der Waals surface area contributed by atoms with Crippen LogP contribution in [0.3, 0.4) is 0 Å². The van der Waals surface area contributed by atoms with Crippen molar-refractivity contribution in [1.82, 2.24) is 19.9 Å². The molecule has 1 amide bonds. The van der Waals surface area contributed by atoms with Crippen LogP contribution in [0, 0.1) is 0 Å². The number of aryl methyl sites for hydroxylation is 1. The maximum Gasteiger partial charge on any atom is 0.241 e. The molecule has 0 spiro atoms. The molecule has 0 radical (unpaired) electrons. The standard InChI is InChI=1S/C21H24N4O3S/c1-27-18-5-2-16(3-6-18)4-7-20(26)25-11-9-24(10-12-25)14-19-22-21(23-28-19)17-8-13-29-15-17/h2-3,5-6,8,13,15H,4,7,9-12,14H2,1H3. The van der Waals surface area contributed by atoms with E-state index in [1.54, 1.807) is 18.4 Å². The van der Waals surface area contributed by atoms with E-state index < -0.39 is 0 Å². The molecule has 0 aliphatic carbocycles. The molecule has 2 aromatic heterocycles. The summed E-state index contributed by atoms with van der Waals surface area (Å²) in [6.07, 6.45) is 1.27. The predicted molar refractivity (Wildman–Crippen MR) is 111 cm³/mol. The summed E-state index contributed by atoms with van der Waals surface area (Å²) in [6, 6.07) is 9.87. The van der Waals surface area contributed by atoms with Crippen LogP contribution in [0.5, 0.6) is 5.75 Å². The van der Waals surface area contributed by atoms with Gasteiger partial charge >= 0.3 is 0 Å². The third kappa shape index (κ3) is 5.02. The highest BCUT2D eigenvalue weighted by Gasteiger charge is 2.22. The number of rotatable bonds is 7. The van der Waals surface area contributed by atoms with E-state index in [0.717, 1.165) is 49.5 Å². The Morgan fingerprint density at radius 3 is 2.66 bits per heavy atom. The SMILES string of the molecule is COc1ccc(CCC(=O)N2CCN(Cc3nc(-c4ccsc4)no3)CC2)cc1. The molecule has 152 valence electrons. The highest BCUT2D eigenvalue weighted by atomic mass is 32.1. The van der Waals surface area contributed by atoms with Crippen LogP contribution in [0.15, 0.2) is 45.6 Å². The van der Waals surface area contributed by atoms with E-state index >= 15 is 0 Å². The molecule has 0 atom stereocenters. The lowest BCUT2D eigenvalue weighted by atomic mass is 10.1. The van der Waals surface area contributed by atoms with Gasteiger partial charge in [-0.25, -0.2) is 0 Å². The van der Waals surface area contributed by atoms with Crippen molar-refractivity contribution < 1.29 is 14.1 Å². The molecule has 1 fully saturated rings. The number of ether oxygens (including phenoxy) is 1. The van der Waals surface area contributed by atoms with Gasteiger partial charge in [0, 0.05) is 43.5 Å². The van der Waals surface area contributed by atoms with E-state index in [0.29, 0.717) is 24.7 Å². The number of hydrogen-bond acceptors (Lipinski definition) is 7. The first kappa shape index (κ1) is 19.6. The summed E-state index contributed by atoms with van der Waals surface area (Å²) < 4.78 is 10.6. The van der Waals surface area contributed by atoms with Crippen molar-refractivity contribution >= 4 is 17.2 Å².